The third-order valence-electron chi connectivity index (χ3n) is 4.88. The second-order valence-electron chi connectivity index (χ2n) is 6.92. The van der Waals surface area contributed by atoms with Gasteiger partial charge >= 0.3 is 0 Å². The van der Waals surface area contributed by atoms with Crippen LogP contribution >= 0.6 is 0 Å². The highest BCUT2D eigenvalue weighted by Crippen LogP contribution is 2.14. The van der Waals surface area contributed by atoms with E-state index in [9.17, 15) is 14.0 Å². The van der Waals surface area contributed by atoms with Gasteiger partial charge in [-0.15, -0.1) is 0 Å². The molecule has 3 rings (SSSR count). The largest absolute Gasteiger partial charge is 0.484 e. The quantitative estimate of drug-likeness (QED) is 0.757. The molecule has 1 fully saturated rings. The first-order chi connectivity index (χ1) is 14.5. The summed E-state index contributed by atoms with van der Waals surface area (Å²) in [6, 6.07) is 14.5. The number of rotatable bonds is 7. The van der Waals surface area contributed by atoms with Crippen LogP contribution in [0.1, 0.15) is 12.0 Å². The molecule has 0 saturated carbocycles. The standard InChI is InChI=1S/C22H23FN4O3/c23-18-5-7-19(8-6-18)30-16-22(29)27-13-11-26(12-14-27)10-9-21(28)25-20-4-2-1-3-17(20)15-24/h1-8H,9-14,16H2,(H,25,28). The minimum absolute atomic E-state index is 0.0909. The van der Waals surface area contributed by atoms with Crippen molar-refractivity contribution >= 4 is 17.5 Å². The second-order valence-corrected chi connectivity index (χ2v) is 6.92. The SMILES string of the molecule is N#Cc1ccccc1NC(=O)CCN1CCN(C(=O)COc2ccc(F)cc2)CC1. The Balaban J connectivity index is 1.37. The maximum atomic E-state index is 12.9. The van der Waals surface area contributed by atoms with E-state index >= 15 is 0 Å². The van der Waals surface area contributed by atoms with Crippen LogP contribution in [0, 0.1) is 17.1 Å². The van der Waals surface area contributed by atoms with Crippen LogP contribution in [0.25, 0.3) is 0 Å². The molecule has 0 aromatic heterocycles. The molecule has 1 aliphatic rings. The number of benzene rings is 2. The van der Waals surface area contributed by atoms with Gasteiger partial charge in [0.15, 0.2) is 6.61 Å². The van der Waals surface area contributed by atoms with E-state index in [-0.39, 0.29) is 24.2 Å². The average Bonchev–Trinajstić information content (AvgIpc) is 2.78. The maximum absolute atomic E-state index is 12.9. The van der Waals surface area contributed by atoms with Crippen LogP contribution in [0.4, 0.5) is 10.1 Å². The van der Waals surface area contributed by atoms with Crippen molar-refractivity contribution in [3.63, 3.8) is 0 Å². The summed E-state index contributed by atoms with van der Waals surface area (Å²) >= 11 is 0. The fourth-order valence-electron chi connectivity index (χ4n) is 3.15. The molecule has 30 heavy (non-hydrogen) atoms. The summed E-state index contributed by atoms with van der Waals surface area (Å²) in [5.41, 5.74) is 0.947. The van der Waals surface area contributed by atoms with Crippen molar-refractivity contribution in [3.8, 4) is 11.8 Å². The van der Waals surface area contributed by atoms with E-state index in [1.165, 1.54) is 24.3 Å². The Morgan fingerprint density at radius 2 is 1.77 bits per heavy atom. The molecule has 156 valence electrons. The molecule has 0 unspecified atom stereocenters. The lowest BCUT2D eigenvalue weighted by Crippen LogP contribution is -2.50. The number of anilines is 1. The van der Waals surface area contributed by atoms with Crippen molar-refractivity contribution in [3.05, 3.63) is 59.9 Å². The Labute approximate surface area is 174 Å². The van der Waals surface area contributed by atoms with Crippen molar-refractivity contribution in [2.75, 3.05) is 44.6 Å². The Morgan fingerprint density at radius 1 is 1.07 bits per heavy atom. The monoisotopic (exact) mass is 410 g/mol. The van der Waals surface area contributed by atoms with Crippen molar-refractivity contribution < 1.29 is 18.7 Å². The number of carbonyl (C=O) groups excluding carboxylic acids is 2. The van der Waals surface area contributed by atoms with Gasteiger partial charge in [0.1, 0.15) is 17.6 Å². The third-order valence-corrected chi connectivity index (χ3v) is 4.88. The molecule has 1 N–H and O–H groups in total. The number of nitriles is 1. The first kappa shape index (κ1) is 21.3. The van der Waals surface area contributed by atoms with Crippen molar-refractivity contribution in [2.45, 2.75) is 6.42 Å². The summed E-state index contributed by atoms with van der Waals surface area (Å²) in [6.45, 7) is 2.95. The van der Waals surface area contributed by atoms with Crippen LogP contribution in [0.3, 0.4) is 0 Å². The number of carbonyl (C=O) groups is 2. The number of piperazine rings is 1. The van der Waals surface area contributed by atoms with Gasteiger partial charge < -0.3 is 15.0 Å². The lowest BCUT2D eigenvalue weighted by molar-refractivity contribution is -0.135. The number of nitrogens with zero attached hydrogens (tertiary/aromatic N) is 3. The molecule has 1 saturated heterocycles. The summed E-state index contributed by atoms with van der Waals surface area (Å²) in [4.78, 5) is 28.3. The van der Waals surface area contributed by atoms with Gasteiger partial charge in [-0.1, -0.05) is 12.1 Å². The molecule has 0 bridgehead atoms. The molecule has 1 heterocycles. The number of halogens is 1. The van der Waals surface area contributed by atoms with E-state index in [0.717, 1.165) is 0 Å². The maximum Gasteiger partial charge on any atom is 0.260 e. The number of ether oxygens (including phenoxy) is 1. The zero-order valence-electron chi connectivity index (χ0n) is 16.5. The lowest BCUT2D eigenvalue weighted by atomic mass is 10.2. The minimum Gasteiger partial charge on any atom is -0.484 e. The highest BCUT2D eigenvalue weighted by Gasteiger charge is 2.21. The number of hydrogen-bond acceptors (Lipinski definition) is 5. The van der Waals surface area contributed by atoms with Crippen LogP contribution < -0.4 is 10.1 Å². The van der Waals surface area contributed by atoms with Crippen LogP contribution in [0.15, 0.2) is 48.5 Å². The molecular formula is C22H23FN4O3. The van der Waals surface area contributed by atoms with Crippen LogP contribution in [0.2, 0.25) is 0 Å². The fraction of sp³-hybridized carbons (Fsp3) is 0.318. The normalized spacial score (nSPS) is 14.1. The molecular weight excluding hydrogens is 387 g/mol. The molecule has 2 aromatic carbocycles. The number of para-hydroxylation sites is 1. The topological polar surface area (TPSA) is 85.7 Å². The van der Waals surface area contributed by atoms with Crippen LogP contribution in [0.5, 0.6) is 5.75 Å². The Hall–Kier alpha value is -3.44. The molecule has 0 aliphatic carbocycles. The molecule has 0 spiro atoms. The first-order valence-electron chi connectivity index (χ1n) is 9.72. The van der Waals surface area contributed by atoms with Gasteiger partial charge in [-0.25, -0.2) is 4.39 Å². The molecule has 0 radical (unpaired) electrons. The zero-order chi connectivity index (χ0) is 21.3. The number of nitrogens with one attached hydrogen (secondary N) is 1. The van der Waals surface area contributed by atoms with E-state index in [4.69, 9.17) is 10.00 Å². The van der Waals surface area contributed by atoms with Gasteiger partial charge in [-0.3, -0.25) is 14.5 Å². The van der Waals surface area contributed by atoms with Gasteiger partial charge in [0.05, 0.1) is 11.3 Å². The highest BCUT2D eigenvalue weighted by molar-refractivity contribution is 5.92. The van der Waals surface area contributed by atoms with Crippen molar-refractivity contribution in [1.82, 2.24) is 9.80 Å². The van der Waals surface area contributed by atoms with Gasteiger partial charge in [-0.2, -0.15) is 5.26 Å². The molecule has 7 nitrogen and oxygen atoms in total. The third kappa shape index (κ3) is 6.03. The minimum atomic E-state index is -0.354. The van der Waals surface area contributed by atoms with Gasteiger partial charge in [-0.05, 0) is 36.4 Å². The lowest BCUT2D eigenvalue weighted by Gasteiger charge is -2.34. The van der Waals surface area contributed by atoms with E-state index in [2.05, 4.69) is 16.3 Å². The molecule has 1 aliphatic heterocycles. The van der Waals surface area contributed by atoms with E-state index in [1.54, 1.807) is 29.2 Å². The Morgan fingerprint density at radius 3 is 2.47 bits per heavy atom. The predicted molar refractivity (Wildman–Crippen MR) is 109 cm³/mol. The zero-order valence-corrected chi connectivity index (χ0v) is 16.5. The highest BCUT2D eigenvalue weighted by atomic mass is 19.1. The summed E-state index contributed by atoms with van der Waals surface area (Å²) in [5, 5.41) is 11.9. The van der Waals surface area contributed by atoms with E-state index < -0.39 is 0 Å². The summed E-state index contributed by atoms with van der Waals surface area (Å²) < 4.78 is 18.3. The summed E-state index contributed by atoms with van der Waals surface area (Å²) in [7, 11) is 0. The van der Waals surface area contributed by atoms with Crippen molar-refractivity contribution in [2.24, 2.45) is 0 Å². The summed E-state index contributed by atoms with van der Waals surface area (Å²) in [5.74, 6) is -0.172. The van der Waals surface area contributed by atoms with Crippen molar-refractivity contribution in [1.29, 1.82) is 5.26 Å². The van der Waals surface area contributed by atoms with E-state index in [0.29, 0.717) is 56.1 Å². The molecule has 2 amide bonds. The Bertz CT molecular complexity index is 919. The van der Waals surface area contributed by atoms with Crippen LogP contribution in [-0.4, -0.2) is 60.9 Å². The smallest absolute Gasteiger partial charge is 0.260 e. The van der Waals surface area contributed by atoms with E-state index in [1.807, 2.05) is 0 Å². The number of amides is 2. The van der Waals surface area contributed by atoms with Gasteiger partial charge in [0, 0.05) is 39.1 Å². The Kier molecular flexibility index (Phi) is 7.35. The predicted octanol–water partition coefficient (Wildman–Crippen LogP) is 2.25. The fourth-order valence-corrected chi connectivity index (χ4v) is 3.15. The van der Waals surface area contributed by atoms with Crippen LogP contribution in [-0.2, 0) is 9.59 Å². The molecule has 2 aromatic rings. The summed E-state index contributed by atoms with van der Waals surface area (Å²) in [6.07, 6.45) is 0.307. The molecule has 0 atom stereocenters. The average molecular weight is 410 g/mol. The molecule has 8 heteroatoms. The second kappa shape index (κ2) is 10.4. The first-order valence-corrected chi connectivity index (χ1v) is 9.72. The number of hydrogen-bond donors (Lipinski definition) is 1. The van der Waals surface area contributed by atoms with Gasteiger partial charge in [0.2, 0.25) is 5.91 Å². The van der Waals surface area contributed by atoms with Gasteiger partial charge in [0.25, 0.3) is 5.91 Å².